The molecule has 0 bridgehead atoms. The molecule has 3 rings (SSSR count). The Morgan fingerprint density at radius 1 is 1.53 bits per heavy atom. The number of nitrogens with zero attached hydrogens (tertiary/aromatic N) is 3. The predicted octanol–water partition coefficient (Wildman–Crippen LogP) is 1.33. The van der Waals surface area contributed by atoms with Gasteiger partial charge in [0.05, 0.1) is 6.26 Å². The second-order valence-corrected chi connectivity index (χ2v) is 3.73. The van der Waals surface area contributed by atoms with Gasteiger partial charge >= 0.3 is 0 Å². The molecule has 1 atom stereocenters. The lowest BCUT2D eigenvalue weighted by Crippen LogP contribution is -2.25. The highest BCUT2D eigenvalue weighted by molar-refractivity contribution is 5.45. The summed E-state index contributed by atoms with van der Waals surface area (Å²) >= 11 is 0. The lowest BCUT2D eigenvalue weighted by Gasteiger charge is -2.18. The minimum absolute atomic E-state index is 0.0371. The van der Waals surface area contributed by atoms with E-state index in [2.05, 4.69) is 10.1 Å². The summed E-state index contributed by atoms with van der Waals surface area (Å²) in [5.41, 5.74) is 5.94. The quantitative estimate of drug-likeness (QED) is 0.760. The molecule has 0 fully saturated rings. The maximum Gasteiger partial charge on any atom is 0.217 e. The van der Waals surface area contributed by atoms with E-state index in [0.29, 0.717) is 11.6 Å². The fourth-order valence-electron chi connectivity index (χ4n) is 1.89. The molecule has 0 saturated heterocycles. The van der Waals surface area contributed by atoms with Gasteiger partial charge in [-0.05, 0) is 25.0 Å². The zero-order chi connectivity index (χ0) is 10.3. The number of aryl methyl sites for hydroxylation is 1. The predicted molar refractivity (Wildman–Crippen MR) is 53.9 cm³/mol. The van der Waals surface area contributed by atoms with Crippen molar-refractivity contribution < 1.29 is 4.42 Å². The van der Waals surface area contributed by atoms with Gasteiger partial charge in [-0.25, -0.2) is 9.67 Å². The summed E-state index contributed by atoms with van der Waals surface area (Å²) in [6.07, 6.45) is 4.58. The second-order valence-electron chi connectivity index (χ2n) is 3.73. The minimum Gasteiger partial charge on any atom is -0.461 e. The summed E-state index contributed by atoms with van der Waals surface area (Å²) in [5, 5.41) is 4.36. The highest BCUT2D eigenvalue weighted by atomic mass is 16.3. The molecule has 3 heterocycles. The average Bonchev–Trinajstić information content (AvgIpc) is 2.86. The minimum atomic E-state index is -0.0371. The van der Waals surface area contributed by atoms with Gasteiger partial charge in [0.15, 0.2) is 5.76 Å². The van der Waals surface area contributed by atoms with Crippen molar-refractivity contribution in [3.63, 3.8) is 0 Å². The van der Waals surface area contributed by atoms with Crippen LogP contribution in [0.1, 0.15) is 24.8 Å². The molecular weight excluding hydrogens is 192 g/mol. The summed E-state index contributed by atoms with van der Waals surface area (Å²) in [7, 11) is 0. The topological polar surface area (TPSA) is 69.9 Å². The zero-order valence-electron chi connectivity index (χ0n) is 8.26. The molecule has 0 amide bonds. The maximum absolute atomic E-state index is 5.94. The van der Waals surface area contributed by atoms with Crippen molar-refractivity contribution in [1.29, 1.82) is 0 Å². The van der Waals surface area contributed by atoms with Crippen molar-refractivity contribution in [1.82, 2.24) is 14.8 Å². The summed E-state index contributed by atoms with van der Waals surface area (Å²) < 4.78 is 7.06. The largest absolute Gasteiger partial charge is 0.461 e. The molecule has 5 heteroatoms. The summed E-state index contributed by atoms with van der Waals surface area (Å²) in [6.45, 7) is 0. The maximum atomic E-state index is 5.94. The third kappa shape index (κ3) is 1.35. The van der Waals surface area contributed by atoms with E-state index in [-0.39, 0.29) is 6.17 Å². The van der Waals surface area contributed by atoms with Gasteiger partial charge in [-0.15, -0.1) is 5.10 Å². The van der Waals surface area contributed by atoms with Crippen molar-refractivity contribution in [2.75, 3.05) is 0 Å². The highest BCUT2D eigenvalue weighted by Crippen LogP contribution is 2.23. The van der Waals surface area contributed by atoms with E-state index in [1.165, 1.54) is 0 Å². The molecule has 0 saturated carbocycles. The van der Waals surface area contributed by atoms with E-state index < -0.39 is 0 Å². The first-order chi connectivity index (χ1) is 7.34. The van der Waals surface area contributed by atoms with Crippen molar-refractivity contribution >= 4 is 0 Å². The van der Waals surface area contributed by atoms with Gasteiger partial charge in [-0.2, -0.15) is 0 Å². The first kappa shape index (κ1) is 8.67. The van der Waals surface area contributed by atoms with Crippen LogP contribution < -0.4 is 5.73 Å². The third-order valence-electron chi connectivity index (χ3n) is 2.66. The first-order valence-electron chi connectivity index (χ1n) is 5.09. The van der Waals surface area contributed by atoms with E-state index in [9.17, 15) is 0 Å². The van der Waals surface area contributed by atoms with Crippen LogP contribution in [-0.2, 0) is 6.42 Å². The van der Waals surface area contributed by atoms with Gasteiger partial charge in [-0.1, -0.05) is 0 Å². The monoisotopic (exact) mass is 204 g/mol. The van der Waals surface area contributed by atoms with Crippen LogP contribution >= 0.6 is 0 Å². The van der Waals surface area contributed by atoms with Crippen LogP contribution in [0, 0.1) is 0 Å². The van der Waals surface area contributed by atoms with E-state index >= 15 is 0 Å². The lowest BCUT2D eigenvalue weighted by atomic mass is 10.1. The van der Waals surface area contributed by atoms with E-state index in [1.54, 1.807) is 10.9 Å². The fourth-order valence-corrected chi connectivity index (χ4v) is 1.89. The molecule has 2 N–H and O–H groups in total. The summed E-state index contributed by atoms with van der Waals surface area (Å²) in [5.74, 6) is 2.29. The molecule has 78 valence electrons. The van der Waals surface area contributed by atoms with Gasteiger partial charge in [0, 0.05) is 6.42 Å². The molecule has 5 nitrogen and oxygen atoms in total. The Bertz CT molecular complexity index is 460. The van der Waals surface area contributed by atoms with Crippen molar-refractivity contribution in [3.8, 4) is 11.6 Å². The number of nitrogens with two attached hydrogens (primary N) is 1. The standard InChI is InChI=1S/C10H12N4O/c11-8-4-1-5-9-12-10(13-14(8)9)7-3-2-6-15-7/h2-3,6,8H,1,4-5,11H2. The fraction of sp³-hybridized carbons (Fsp3) is 0.400. The Hall–Kier alpha value is -1.62. The number of hydrogen-bond donors (Lipinski definition) is 1. The van der Waals surface area contributed by atoms with E-state index in [1.807, 2.05) is 12.1 Å². The SMILES string of the molecule is NC1CCCc2nc(-c3ccco3)nn21. The molecule has 15 heavy (non-hydrogen) atoms. The normalized spacial score (nSPS) is 20.2. The number of furan rings is 1. The van der Waals surface area contributed by atoms with Crippen LogP contribution in [0.3, 0.4) is 0 Å². The van der Waals surface area contributed by atoms with E-state index in [0.717, 1.165) is 25.1 Å². The van der Waals surface area contributed by atoms with Crippen LogP contribution in [0.4, 0.5) is 0 Å². The molecule has 0 spiro atoms. The van der Waals surface area contributed by atoms with Crippen LogP contribution in [0.15, 0.2) is 22.8 Å². The molecule has 0 aliphatic carbocycles. The highest BCUT2D eigenvalue weighted by Gasteiger charge is 2.21. The van der Waals surface area contributed by atoms with Crippen molar-refractivity contribution in [2.24, 2.45) is 5.73 Å². The number of fused-ring (bicyclic) bond motifs is 1. The zero-order valence-corrected chi connectivity index (χ0v) is 8.26. The summed E-state index contributed by atoms with van der Waals surface area (Å²) in [4.78, 5) is 4.42. The first-order valence-corrected chi connectivity index (χ1v) is 5.09. The van der Waals surface area contributed by atoms with Crippen molar-refractivity contribution in [2.45, 2.75) is 25.4 Å². The Balaban J connectivity index is 2.06. The lowest BCUT2D eigenvalue weighted by molar-refractivity contribution is 0.372. The van der Waals surface area contributed by atoms with Gasteiger partial charge in [0.25, 0.3) is 0 Å². The molecule has 1 unspecified atom stereocenters. The number of hydrogen-bond acceptors (Lipinski definition) is 4. The Labute approximate surface area is 86.9 Å². The Morgan fingerprint density at radius 3 is 3.20 bits per heavy atom. The van der Waals surface area contributed by atoms with Gasteiger partial charge in [0.2, 0.25) is 5.82 Å². The molecule has 1 aliphatic heterocycles. The molecule has 0 aromatic carbocycles. The average molecular weight is 204 g/mol. The van der Waals surface area contributed by atoms with Gasteiger partial charge in [0.1, 0.15) is 12.0 Å². The molecule has 0 radical (unpaired) electrons. The van der Waals surface area contributed by atoms with Gasteiger partial charge < -0.3 is 10.2 Å². The van der Waals surface area contributed by atoms with Crippen LogP contribution in [0.2, 0.25) is 0 Å². The number of rotatable bonds is 1. The summed E-state index contributed by atoms with van der Waals surface area (Å²) in [6, 6.07) is 3.68. The smallest absolute Gasteiger partial charge is 0.217 e. The molecule has 2 aromatic heterocycles. The Morgan fingerprint density at radius 2 is 2.47 bits per heavy atom. The molecule has 2 aromatic rings. The van der Waals surface area contributed by atoms with Gasteiger partial charge in [-0.3, -0.25) is 0 Å². The molecule has 1 aliphatic rings. The van der Waals surface area contributed by atoms with Crippen LogP contribution in [-0.4, -0.2) is 14.8 Å². The van der Waals surface area contributed by atoms with Crippen LogP contribution in [0.5, 0.6) is 0 Å². The third-order valence-corrected chi connectivity index (χ3v) is 2.66. The second kappa shape index (κ2) is 3.20. The number of aromatic nitrogens is 3. The molecular formula is C10H12N4O. The Kier molecular flexibility index (Phi) is 1.85. The van der Waals surface area contributed by atoms with Crippen molar-refractivity contribution in [3.05, 3.63) is 24.2 Å². The van der Waals surface area contributed by atoms with E-state index in [4.69, 9.17) is 10.2 Å². The van der Waals surface area contributed by atoms with Crippen LogP contribution in [0.25, 0.3) is 11.6 Å².